The zero-order valence-electron chi connectivity index (χ0n) is 19.3. The number of hydrogen-bond donors (Lipinski definition) is 1. The maximum atomic E-state index is 12.8. The van der Waals surface area contributed by atoms with Crippen molar-refractivity contribution < 1.29 is 14.3 Å². The van der Waals surface area contributed by atoms with Gasteiger partial charge in [0, 0.05) is 16.9 Å². The Kier molecular flexibility index (Phi) is 6.47. The number of nitrogens with zero attached hydrogens (tertiary/aromatic N) is 1. The van der Waals surface area contributed by atoms with Crippen molar-refractivity contribution >= 4 is 35.0 Å². The largest absolute Gasteiger partial charge is 0.497 e. The third kappa shape index (κ3) is 5.06. The van der Waals surface area contributed by atoms with Crippen LogP contribution in [-0.2, 0) is 10.2 Å². The molecule has 0 aromatic heterocycles. The van der Waals surface area contributed by atoms with Gasteiger partial charge in [0.2, 0.25) is 5.91 Å². The van der Waals surface area contributed by atoms with Crippen LogP contribution in [0.25, 0.3) is 0 Å². The normalized spacial score (nSPS) is 16.1. The molecule has 0 spiro atoms. The van der Waals surface area contributed by atoms with Crippen LogP contribution < -0.4 is 15.0 Å². The predicted octanol–water partition coefficient (Wildman–Crippen LogP) is 6.02. The van der Waals surface area contributed by atoms with Crippen LogP contribution in [0.5, 0.6) is 5.75 Å². The lowest BCUT2D eigenvalue weighted by Gasteiger charge is -2.26. The standard InChI is InChI=1S/C27H28N2O3S/c1-27(2,3)20-11-13-22(14-12-20)29-24(30)17-33-26(29)19-8-5-9-21(15-19)28-25(31)18-7-6-10-23(16-18)32-4/h5-16,26H,17H2,1-4H3,(H,28,31). The van der Waals surface area contributed by atoms with Crippen molar-refractivity contribution in [3.63, 3.8) is 0 Å². The molecule has 0 saturated carbocycles. The molecule has 1 unspecified atom stereocenters. The lowest BCUT2D eigenvalue weighted by Crippen LogP contribution is -2.28. The lowest BCUT2D eigenvalue weighted by molar-refractivity contribution is -0.115. The van der Waals surface area contributed by atoms with E-state index in [1.54, 1.807) is 43.1 Å². The Hall–Kier alpha value is -3.25. The first-order valence-corrected chi connectivity index (χ1v) is 11.9. The highest BCUT2D eigenvalue weighted by atomic mass is 32.2. The molecule has 1 aliphatic rings. The SMILES string of the molecule is COc1cccc(C(=O)Nc2cccc(C3SCC(=O)N3c3ccc(C(C)(C)C)cc3)c2)c1. The lowest BCUT2D eigenvalue weighted by atomic mass is 9.87. The first kappa shape index (κ1) is 22.9. The summed E-state index contributed by atoms with van der Waals surface area (Å²) in [6, 6.07) is 22.9. The van der Waals surface area contributed by atoms with Crippen molar-refractivity contribution in [2.45, 2.75) is 31.6 Å². The van der Waals surface area contributed by atoms with Gasteiger partial charge in [-0.2, -0.15) is 0 Å². The number of benzene rings is 3. The highest BCUT2D eigenvalue weighted by molar-refractivity contribution is 8.00. The fourth-order valence-electron chi connectivity index (χ4n) is 3.81. The van der Waals surface area contributed by atoms with Gasteiger partial charge in [-0.1, -0.05) is 51.1 Å². The van der Waals surface area contributed by atoms with Gasteiger partial charge in [0.25, 0.3) is 5.91 Å². The third-order valence-electron chi connectivity index (χ3n) is 5.64. The summed E-state index contributed by atoms with van der Waals surface area (Å²) in [5, 5.41) is 2.81. The van der Waals surface area contributed by atoms with Gasteiger partial charge in [-0.05, 0) is 59.0 Å². The summed E-state index contributed by atoms with van der Waals surface area (Å²) in [5.74, 6) is 0.923. The second-order valence-electron chi connectivity index (χ2n) is 9.04. The van der Waals surface area contributed by atoms with E-state index >= 15 is 0 Å². The van der Waals surface area contributed by atoms with Gasteiger partial charge in [0.1, 0.15) is 11.1 Å². The van der Waals surface area contributed by atoms with Crippen LogP contribution in [0.3, 0.4) is 0 Å². The van der Waals surface area contributed by atoms with Crippen molar-refractivity contribution in [2.24, 2.45) is 0 Å². The number of nitrogens with one attached hydrogen (secondary N) is 1. The topological polar surface area (TPSA) is 58.6 Å². The van der Waals surface area contributed by atoms with Gasteiger partial charge in [-0.3, -0.25) is 14.5 Å². The van der Waals surface area contributed by atoms with Crippen LogP contribution in [0.15, 0.2) is 72.8 Å². The Labute approximate surface area is 199 Å². The highest BCUT2D eigenvalue weighted by Gasteiger charge is 2.34. The van der Waals surface area contributed by atoms with Gasteiger partial charge in [0.15, 0.2) is 0 Å². The summed E-state index contributed by atoms with van der Waals surface area (Å²) in [7, 11) is 1.57. The number of hydrogen-bond acceptors (Lipinski definition) is 4. The minimum atomic E-state index is -0.212. The molecule has 33 heavy (non-hydrogen) atoms. The molecular weight excluding hydrogens is 432 g/mol. The third-order valence-corrected chi connectivity index (χ3v) is 6.85. The average Bonchev–Trinajstić information content (AvgIpc) is 3.20. The molecule has 6 heteroatoms. The smallest absolute Gasteiger partial charge is 0.255 e. The summed E-state index contributed by atoms with van der Waals surface area (Å²) in [6.45, 7) is 6.52. The summed E-state index contributed by atoms with van der Waals surface area (Å²) < 4.78 is 5.21. The molecule has 170 valence electrons. The van der Waals surface area contributed by atoms with Crippen molar-refractivity contribution in [1.82, 2.24) is 0 Å². The van der Waals surface area contributed by atoms with Gasteiger partial charge in [-0.25, -0.2) is 0 Å². The van der Waals surface area contributed by atoms with Crippen LogP contribution in [0.4, 0.5) is 11.4 Å². The summed E-state index contributed by atoms with van der Waals surface area (Å²) in [6.07, 6.45) is 0. The summed E-state index contributed by atoms with van der Waals surface area (Å²) >= 11 is 1.59. The second-order valence-corrected chi connectivity index (χ2v) is 10.1. The zero-order chi connectivity index (χ0) is 23.6. The van der Waals surface area contributed by atoms with Crippen molar-refractivity contribution in [3.05, 3.63) is 89.5 Å². The minimum absolute atomic E-state index is 0.0526. The van der Waals surface area contributed by atoms with Gasteiger partial charge >= 0.3 is 0 Å². The Morgan fingerprint density at radius 1 is 1.03 bits per heavy atom. The second kappa shape index (κ2) is 9.32. The fraction of sp³-hybridized carbons (Fsp3) is 0.259. The van der Waals surface area contributed by atoms with E-state index in [4.69, 9.17) is 4.74 Å². The maximum Gasteiger partial charge on any atom is 0.255 e. The number of rotatable bonds is 5. The predicted molar refractivity (Wildman–Crippen MR) is 135 cm³/mol. The van der Waals surface area contributed by atoms with Crippen LogP contribution in [0.1, 0.15) is 47.6 Å². The number of amides is 2. The van der Waals surface area contributed by atoms with Gasteiger partial charge < -0.3 is 10.1 Å². The number of carbonyl (C=O) groups excluding carboxylic acids is 2. The molecule has 3 aromatic carbocycles. The summed E-state index contributed by atoms with van der Waals surface area (Å²) in [4.78, 5) is 27.3. The van der Waals surface area contributed by atoms with Crippen molar-refractivity contribution in [1.29, 1.82) is 0 Å². The molecule has 5 nitrogen and oxygen atoms in total. The van der Waals surface area contributed by atoms with Crippen LogP contribution >= 0.6 is 11.8 Å². The van der Waals surface area contributed by atoms with E-state index in [-0.39, 0.29) is 22.6 Å². The number of anilines is 2. The average molecular weight is 461 g/mol. The molecule has 4 rings (SSSR count). The van der Waals surface area contributed by atoms with E-state index < -0.39 is 0 Å². The first-order valence-electron chi connectivity index (χ1n) is 10.9. The number of thioether (sulfide) groups is 1. The zero-order valence-corrected chi connectivity index (χ0v) is 20.1. The maximum absolute atomic E-state index is 12.8. The van der Waals surface area contributed by atoms with E-state index in [9.17, 15) is 9.59 Å². The van der Waals surface area contributed by atoms with Crippen molar-refractivity contribution in [3.8, 4) is 5.75 Å². The Morgan fingerprint density at radius 2 is 1.76 bits per heavy atom. The molecule has 3 aromatic rings. The van der Waals surface area contributed by atoms with Crippen LogP contribution in [0, 0.1) is 0 Å². The molecule has 1 aliphatic heterocycles. The molecular formula is C27H28N2O3S. The van der Waals surface area contributed by atoms with Gasteiger partial charge in [0.05, 0.1) is 12.9 Å². The molecule has 1 heterocycles. The first-order chi connectivity index (χ1) is 15.8. The quantitative estimate of drug-likeness (QED) is 0.506. The number of carbonyl (C=O) groups is 2. The number of methoxy groups -OCH3 is 1. The van der Waals surface area contributed by atoms with E-state index in [0.29, 0.717) is 22.8 Å². The minimum Gasteiger partial charge on any atom is -0.497 e. The summed E-state index contributed by atoms with van der Waals surface area (Å²) in [5.41, 5.74) is 4.33. The molecule has 1 saturated heterocycles. The van der Waals surface area contributed by atoms with E-state index in [2.05, 4.69) is 38.2 Å². The van der Waals surface area contributed by atoms with E-state index in [1.807, 2.05) is 41.3 Å². The highest BCUT2D eigenvalue weighted by Crippen LogP contribution is 2.42. The molecule has 1 fully saturated rings. The monoisotopic (exact) mass is 460 g/mol. The van der Waals surface area contributed by atoms with Gasteiger partial charge in [-0.15, -0.1) is 11.8 Å². The molecule has 1 atom stereocenters. The Bertz CT molecular complexity index is 1170. The van der Waals surface area contributed by atoms with Crippen molar-refractivity contribution in [2.75, 3.05) is 23.1 Å². The Morgan fingerprint density at radius 3 is 2.45 bits per heavy atom. The Balaban J connectivity index is 1.56. The van der Waals surface area contributed by atoms with E-state index in [1.165, 1.54) is 5.56 Å². The molecule has 0 aliphatic carbocycles. The number of ether oxygens (including phenoxy) is 1. The molecule has 2 amide bonds. The van der Waals surface area contributed by atoms with Crippen LogP contribution in [-0.4, -0.2) is 24.7 Å². The molecule has 0 bridgehead atoms. The van der Waals surface area contributed by atoms with E-state index in [0.717, 1.165) is 11.3 Å². The molecule has 0 radical (unpaired) electrons. The molecule has 1 N–H and O–H groups in total. The van der Waals surface area contributed by atoms with Crippen LogP contribution in [0.2, 0.25) is 0 Å². The fourth-order valence-corrected chi connectivity index (χ4v) is 4.98.